The first-order valence-electron chi connectivity index (χ1n) is 6.48. The fraction of sp³-hybridized carbons (Fsp3) is 0.143. The van der Waals surface area contributed by atoms with Crippen LogP contribution in [0.1, 0.15) is 10.4 Å². The summed E-state index contributed by atoms with van der Waals surface area (Å²) in [5, 5.41) is 11.9. The van der Waals surface area contributed by atoms with Crippen LogP contribution in [0.2, 0.25) is 0 Å². The second-order valence-corrected chi connectivity index (χ2v) is 7.42. The molecule has 1 aliphatic rings. The Balaban J connectivity index is 2.18. The van der Waals surface area contributed by atoms with Crippen molar-refractivity contribution < 1.29 is 23.1 Å². The highest BCUT2D eigenvalue weighted by Crippen LogP contribution is 2.39. The number of nitrogens with zero attached hydrogens (tertiary/aromatic N) is 2. The van der Waals surface area contributed by atoms with Crippen molar-refractivity contribution in [1.29, 1.82) is 0 Å². The van der Waals surface area contributed by atoms with Gasteiger partial charge in [0.25, 0.3) is 10.0 Å². The van der Waals surface area contributed by atoms with Crippen molar-refractivity contribution in [1.82, 2.24) is 9.29 Å². The number of sulfonamides is 1. The molecular weight excluding hydrogens is 340 g/mol. The molecule has 0 unspecified atom stereocenters. The number of fused-ring (bicyclic) bond motifs is 1. The minimum atomic E-state index is -3.98. The molecule has 2 aromatic rings. The summed E-state index contributed by atoms with van der Waals surface area (Å²) in [6, 6.07) is 4.73. The Morgan fingerprint density at radius 2 is 2.22 bits per heavy atom. The van der Waals surface area contributed by atoms with Gasteiger partial charge in [-0.25, -0.2) is 13.2 Å². The predicted octanol–water partition coefficient (Wildman–Crippen LogP) is 1.75. The molecule has 9 heteroatoms. The Bertz CT molecular complexity index is 887. The summed E-state index contributed by atoms with van der Waals surface area (Å²) in [5.74, 6) is -1.32. The van der Waals surface area contributed by atoms with Crippen LogP contribution in [0.3, 0.4) is 0 Å². The number of pyridine rings is 1. The molecule has 0 spiro atoms. The van der Waals surface area contributed by atoms with Crippen molar-refractivity contribution in [3.8, 4) is 0 Å². The van der Waals surface area contributed by atoms with Gasteiger partial charge in [0.15, 0.2) is 11.5 Å². The van der Waals surface area contributed by atoms with Gasteiger partial charge in [-0.3, -0.25) is 9.29 Å². The number of thiophene rings is 1. The van der Waals surface area contributed by atoms with Gasteiger partial charge in [0.1, 0.15) is 4.90 Å². The monoisotopic (exact) mass is 352 g/mol. The van der Waals surface area contributed by atoms with Crippen LogP contribution in [0.25, 0.3) is 5.76 Å². The molecule has 0 saturated carbocycles. The normalized spacial score (nSPS) is 16.1. The summed E-state index contributed by atoms with van der Waals surface area (Å²) >= 11 is 1.04. The topological polar surface area (TPSA) is 96.8 Å². The highest BCUT2D eigenvalue weighted by molar-refractivity contribution is 7.89. The van der Waals surface area contributed by atoms with E-state index < -0.39 is 27.4 Å². The number of carbonyl (C=O) groups is 1. The highest BCUT2D eigenvalue weighted by Gasteiger charge is 2.41. The Morgan fingerprint density at radius 1 is 1.43 bits per heavy atom. The van der Waals surface area contributed by atoms with E-state index in [9.17, 15) is 18.3 Å². The molecule has 120 valence electrons. The molecule has 7 nitrogen and oxygen atoms in total. The number of carbonyl (C=O) groups excluding carboxylic acids is 1. The molecule has 2 aromatic heterocycles. The zero-order valence-corrected chi connectivity index (χ0v) is 13.6. The lowest BCUT2D eigenvalue weighted by Crippen LogP contribution is -2.37. The number of hydrogen-bond acceptors (Lipinski definition) is 7. The molecule has 0 aliphatic carbocycles. The number of aromatic nitrogens is 1. The molecule has 23 heavy (non-hydrogen) atoms. The quantitative estimate of drug-likeness (QED) is 0.845. The van der Waals surface area contributed by atoms with E-state index in [4.69, 9.17) is 0 Å². The Morgan fingerprint density at radius 3 is 2.87 bits per heavy atom. The third-order valence-corrected chi connectivity index (χ3v) is 6.15. The molecule has 1 N–H and O–H groups in total. The Kier molecular flexibility index (Phi) is 3.82. The molecule has 1 aliphatic heterocycles. The lowest BCUT2D eigenvalue weighted by atomic mass is 10.2. The van der Waals surface area contributed by atoms with Crippen molar-refractivity contribution in [2.45, 2.75) is 11.4 Å². The van der Waals surface area contributed by atoms with Gasteiger partial charge in [-0.05, 0) is 23.1 Å². The third kappa shape index (κ3) is 2.47. The van der Waals surface area contributed by atoms with Crippen molar-refractivity contribution in [2.24, 2.45) is 0 Å². The van der Waals surface area contributed by atoms with E-state index >= 15 is 0 Å². The van der Waals surface area contributed by atoms with Crippen molar-refractivity contribution in [3.63, 3.8) is 0 Å². The number of esters is 1. The van der Waals surface area contributed by atoms with Crippen LogP contribution in [-0.2, 0) is 26.1 Å². The van der Waals surface area contributed by atoms with Crippen LogP contribution in [-0.4, -0.2) is 35.9 Å². The first-order valence-corrected chi connectivity index (χ1v) is 8.80. The van der Waals surface area contributed by atoms with Crippen molar-refractivity contribution in [2.75, 3.05) is 7.11 Å². The summed E-state index contributed by atoms with van der Waals surface area (Å²) < 4.78 is 31.1. The van der Waals surface area contributed by atoms with E-state index in [0.717, 1.165) is 22.8 Å². The number of rotatable bonds is 3. The molecule has 0 saturated heterocycles. The van der Waals surface area contributed by atoms with Gasteiger partial charge in [-0.1, -0.05) is 6.07 Å². The van der Waals surface area contributed by atoms with Crippen LogP contribution >= 0.6 is 11.3 Å². The van der Waals surface area contributed by atoms with Crippen LogP contribution in [0.5, 0.6) is 0 Å². The zero-order valence-electron chi connectivity index (χ0n) is 12.0. The molecule has 3 rings (SSSR count). The number of ether oxygens (including phenoxy) is 1. The predicted molar refractivity (Wildman–Crippen MR) is 82.8 cm³/mol. The van der Waals surface area contributed by atoms with Gasteiger partial charge in [0.05, 0.1) is 18.5 Å². The van der Waals surface area contributed by atoms with E-state index in [1.54, 1.807) is 23.7 Å². The van der Waals surface area contributed by atoms with Gasteiger partial charge < -0.3 is 9.84 Å². The lowest BCUT2D eigenvalue weighted by Gasteiger charge is -2.29. The standard InChI is InChI=1S/C14H12N2O5S2/c1-21-14(18)11-12(17)13-10(4-6-22-13)23(19,20)16(11)8-9-3-2-5-15-7-9/h2-7,17H,8H2,1H3. The van der Waals surface area contributed by atoms with Gasteiger partial charge in [-0.2, -0.15) is 0 Å². The van der Waals surface area contributed by atoms with Gasteiger partial charge in [0, 0.05) is 12.4 Å². The minimum Gasteiger partial charge on any atom is -0.504 e. The van der Waals surface area contributed by atoms with Crippen LogP contribution in [0.15, 0.2) is 46.6 Å². The molecule has 3 heterocycles. The number of hydrogen-bond donors (Lipinski definition) is 1. The molecule has 0 bridgehead atoms. The van der Waals surface area contributed by atoms with Crippen molar-refractivity contribution >= 4 is 33.1 Å². The summed E-state index contributed by atoms with van der Waals surface area (Å²) in [7, 11) is -2.85. The maximum Gasteiger partial charge on any atom is 0.359 e. The molecule has 0 atom stereocenters. The largest absolute Gasteiger partial charge is 0.504 e. The summed E-state index contributed by atoms with van der Waals surface area (Å²) in [6.07, 6.45) is 3.05. The summed E-state index contributed by atoms with van der Waals surface area (Å²) in [4.78, 5) is 16.1. The van der Waals surface area contributed by atoms with Crippen molar-refractivity contribution in [3.05, 3.63) is 52.1 Å². The number of aliphatic hydroxyl groups excluding tert-OH is 1. The van der Waals surface area contributed by atoms with Crippen LogP contribution in [0, 0.1) is 0 Å². The highest BCUT2D eigenvalue weighted by atomic mass is 32.2. The van der Waals surface area contributed by atoms with Gasteiger partial charge in [0.2, 0.25) is 0 Å². The smallest absolute Gasteiger partial charge is 0.359 e. The number of methoxy groups -OCH3 is 1. The van der Waals surface area contributed by atoms with E-state index in [1.165, 1.54) is 12.3 Å². The SMILES string of the molecule is COC(=O)C1=C(O)c2sccc2S(=O)(=O)N1Cc1cccnc1. The van der Waals surface area contributed by atoms with Gasteiger partial charge >= 0.3 is 5.97 Å². The van der Waals surface area contributed by atoms with E-state index in [-0.39, 0.29) is 16.3 Å². The summed E-state index contributed by atoms with van der Waals surface area (Å²) in [6.45, 7) is -0.139. The first kappa shape index (κ1) is 15.5. The zero-order chi connectivity index (χ0) is 16.6. The molecule has 0 aromatic carbocycles. The maximum atomic E-state index is 12.8. The molecule has 0 radical (unpaired) electrons. The summed E-state index contributed by atoms with van der Waals surface area (Å²) in [5.41, 5.74) is 0.176. The third-order valence-electron chi connectivity index (χ3n) is 3.31. The fourth-order valence-corrected chi connectivity index (χ4v) is 5.06. The Hall–Kier alpha value is -2.39. The average molecular weight is 352 g/mol. The maximum absolute atomic E-state index is 12.8. The first-order chi connectivity index (χ1) is 11.0. The Labute approximate surface area is 136 Å². The second kappa shape index (κ2) is 5.67. The molecule has 0 amide bonds. The lowest BCUT2D eigenvalue weighted by molar-refractivity contribution is -0.137. The van der Waals surface area contributed by atoms with E-state index in [1.807, 2.05) is 0 Å². The average Bonchev–Trinajstić information content (AvgIpc) is 3.04. The van der Waals surface area contributed by atoms with E-state index in [0.29, 0.717) is 5.56 Å². The second-order valence-electron chi connectivity index (χ2n) is 4.68. The molecular formula is C14H12N2O5S2. The fourth-order valence-electron chi connectivity index (χ4n) is 2.25. The minimum absolute atomic E-state index is 0.0310. The van der Waals surface area contributed by atoms with Crippen LogP contribution < -0.4 is 0 Å². The van der Waals surface area contributed by atoms with Gasteiger partial charge in [-0.15, -0.1) is 11.3 Å². The van der Waals surface area contributed by atoms with Crippen LogP contribution in [0.4, 0.5) is 0 Å². The number of aliphatic hydroxyl groups is 1. The molecule has 0 fully saturated rings. The van der Waals surface area contributed by atoms with E-state index in [2.05, 4.69) is 9.72 Å².